The largest absolute Gasteiger partial charge is 0.493 e. The minimum atomic E-state index is -0.0448. The number of amides is 1. The minimum Gasteiger partial charge on any atom is -0.493 e. The van der Waals surface area contributed by atoms with Gasteiger partial charge in [-0.1, -0.05) is 123 Å². The predicted molar refractivity (Wildman–Crippen MR) is 164 cm³/mol. The molecular weight excluding hydrogens is 480 g/mol. The predicted octanol–water partition coefficient (Wildman–Crippen LogP) is 8.53. The fourth-order valence-electron chi connectivity index (χ4n) is 4.98. The molecule has 0 fully saturated rings. The molecule has 1 amide bonds. The van der Waals surface area contributed by atoms with Crippen molar-refractivity contribution >= 4 is 5.91 Å². The Hall–Kier alpha value is -2.36. The zero-order valence-electron chi connectivity index (χ0n) is 25.8. The first kappa shape index (κ1) is 32.8. The number of ether oxygens (including phenoxy) is 1. The molecule has 0 spiro atoms. The fourth-order valence-corrected chi connectivity index (χ4v) is 4.98. The number of carbonyl (C=O) groups is 1. The van der Waals surface area contributed by atoms with E-state index < -0.39 is 0 Å². The van der Waals surface area contributed by atoms with Crippen LogP contribution in [-0.4, -0.2) is 12.5 Å². The molecule has 4 nitrogen and oxygen atoms in total. The van der Waals surface area contributed by atoms with Crippen molar-refractivity contribution in [3.05, 3.63) is 59.4 Å². The van der Waals surface area contributed by atoms with Crippen molar-refractivity contribution in [2.24, 2.45) is 7.05 Å². The number of aryl methyl sites for hydroxylation is 1. The van der Waals surface area contributed by atoms with Crippen molar-refractivity contribution in [1.29, 1.82) is 0 Å². The van der Waals surface area contributed by atoms with Crippen LogP contribution < -0.4 is 14.6 Å². The normalized spacial score (nSPS) is 11.5. The third-order valence-corrected chi connectivity index (χ3v) is 7.51. The van der Waals surface area contributed by atoms with Crippen LogP contribution in [0.25, 0.3) is 0 Å². The van der Waals surface area contributed by atoms with Gasteiger partial charge in [-0.3, -0.25) is 4.79 Å². The maximum Gasteiger partial charge on any atom is 0.224 e. The van der Waals surface area contributed by atoms with Crippen LogP contribution in [0.15, 0.2) is 42.7 Å². The fraction of sp³-hybridized carbons (Fsp3) is 0.657. The van der Waals surface area contributed by atoms with Crippen molar-refractivity contribution < 1.29 is 14.1 Å². The van der Waals surface area contributed by atoms with Crippen LogP contribution in [0.1, 0.15) is 134 Å². The van der Waals surface area contributed by atoms with Crippen LogP contribution in [0.3, 0.4) is 0 Å². The summed E-state index contributed by atoms with van der Waals surface area (Å²) in [6.07, 6.45) is 23.4. The molecule has 39 heavy (non-hydrogen) atoms. The second-order valence-electron chi connectivity index (χ2n) is 12.4. The van der Waals surface area contributed by atoms with Crippen LogP contribution in [0.5, 0.6) is 5.75 Å². The number of pyridine rings is 1. The lowest BCUT2D eigenvalue weighted by Crippen LogP contribution is -2.28. The van der Waals surface area contributed by atoms with E-state index in [9.17, 15) is 4.79 Å². The van der Waals surface area contributed by atoms with Crippen molar-refractivity contribution in [2.75, 3.05) is 6.61 Å². The highest BCUT2D eigenvalue weighted by Crippen LogP contribution is 2.32. The zero-order chi connectivity index (χ0) is 28.3. The Labute approximate surface area is 240 Å². The number of unbranched alkanes of at least 4 members (excludes halogenated alkanes) is 13. The average molecular weight is 538 g/mol. The van der Waals surface area contributed by atoms with Gasteiger partial charge in [0.25, 0.3) is 0 Å². The van der Waals surface area contributed by atoms with Gasteiger partial charge in [0.1, 0.15) is 12.8 Å². The summed E-state index contributed by atoms with van der Waals surface area (Å²) in [6, 6.07) is 10.3. The lowest BCUT2D eigenvalue weighted by atomic mass is 9.85. The Morgan fingerprint density at radius 2 is 1.31 bits per heavy atom. The van der Waals surface area contributed by atoms with Crippen molar-refractivity contribution in [3.63, 3.8) is 0 Å². The number of rotatable bonds is 20. The number of nitrogens with one attached hydrogen (secondary N) is 1. The summed E-state index contributed by atoms with van der Waals surface area (Å²) < 4.78 is 8.23. The summed E-state index contributed by atoms with van der Waals surface area (Å²) in [5.41, 5.74) is 3.26. The lowest BCUT2D eigenvalue weighted by Gasteiger charge is -2.24. The molecule has 0 radical (unpaired) electrons. The molecule has 1 aromatic heterocycles. The summed E-state index contributed by atoms with van der Waals surface area (Å²) in [4.78, 5) is 12.6. The van der Waals surface area contributed by atoms with E-state index in [4.69, 9.17) is 4.74 Å². The van der Waals surface area contributed by atoms with Crippen LogP contribution in [0.4, 0.5) is 0 Å². The van der Waals surface area contributed by atoms with Crippen LogP contribution in [-0.2, 0) is 30.2 Å². The number of nitrogens with zero attached hydrogens (tertiary/aromatic N) is 1. The highest BCUT2D eigenvalue weighted by molar-refractivity contribution is 5.78. The third-order valence-electron chi connectivity index (χ3n) is 7.51. The highest BCUT2D eigenvalue weighted by atomic mass is 16.5. The van der Waals surface area contributed by atoms with Gasteiger partial charge in [0.05, 0.1) is 13.0 Å². The van der Waals surface area contributed by atoms with E-state index in [1.54, 1.807) is 0 Å². The van der Waals surface area contributed by atoms with Gasteiger partial charge in [-0.25, -0.2) is 4.57 Å². The molecular formula is C35H57N2O2+. The number of carbonyl (C=O) groups excluding carboxylic acids is 1. The topological polar surface area (TPSA) is 42.2 Å². The second kappa shape index (κ2) is 18.8. The molecule has 1 heterocycles. The van der Waals surface area contributed by atoms with E-state index in [0.717, 1.165) is 29.9 Å². The minimum absolute atomic E-state index is 0.0409. The summed E-state index contributed by atoms with van der Waals surface area (Å²) in [5, 5.41) is 3.04. The van der Waals surface area contributed by atoms with Crippen molar-refractivity contribution in [1.82, 2.24) is 5.32 Å². The molecule has 2 aromatic rings. The van der Waals surface area contributed by atoms with E-state index in [1.165, 1.54) is 89.0 Å². The Balaban J connectivity index is 1.64. The monoisotopic (exact) mass is 537 g/mol. The first-order valence-corrected chi connectivity index (χ1v) is 15.8. The average Bonchev–Trinajstić information content (AvgIpc) is 2.90. The van der Waals surface area contributed by atoms with Gasteiger partial charge in [-0.05, 0) is 34.6 Å². The van der Waals surface area contributed by atoms with Gasteiger partial charge in [0, 0.05) is 18.7 Å². The highest BCUT2D eigenvalue weighted by Gasteiger charge is 2.20. The number of benzene rings is 1. The Morgan fingerprint density at radius 3 is 1.85 bits per heavy atom. The number of aromatic nitrogens is 1. The molecule has 2 rings (SSSR count). The first-order chi connectivity index (χ1) is 18.8. The van der Waals surface area contributed by atoms with Crippen molar-refractivity contribution in [3.8, 4) is 5.75 Å². The Kier molecular flexibility index (Phi) is 15.9. The standard InChI is InChI=1S/C35H56N2O2/c1-6-7-8-9-10-11-12-13-14-15-16-17-18-19-26-39-33-21-20-31(27-32(33)35(2,3)4)28-34(38)36-29-30-22-24-37(5)25-23-30/h20-25,27H,6-19,26,28-29H2,1-5H3/p+1. The molecule has 0 atom stereocenters. The Bertz CT molecular complexity index is 931. The molecule has 0 bridgehead atoms. The summed E-state index contributed by atoms with van der Waals surface area (Å²) in [5.74, 6) is 0.998. The number of hydrogen-bond acceptors (Lipinski definition) is 2. The molecule has 1 N–H and O–H groups in total. The van der Waals surface area contributed by atoms with Gasteiger partial charge >= 0.3 is 0 Å². The smallest absolute Gasteiger partial charge is 0.224 e. The van der Waals surface area contributed by atoms with E-state index >= 15 is 0 Å². The third kappa shape index (κ3) is 14.6. The number of hydrogen-bond donors (Lipinski definition) is 1. The summed E-state index contributed by atoms with van der Waals surface area (Å²) >= 11 is 0. The van der Waals surface area contributed by atoms with Gasteiger partial charge in [-0.15, -0.1) is 0 Å². The van der Waals surface area contributed by atoms with E-state index in [1.807, 2.05) is 42.2 Å². The molecule has 218 valence electrons. The summed E-state index contributed by atoms with van der Waals surface area (Å²) in [7, 11) is 1.99. The van der Waals surface area contributed by atoms with Crippen molar-refractivity contribution in [2.45, 2.75) is 136 Å². The first-order valence-electron chi connectivity index (χ1n) is 15.8. The van der Waals surface area contributed by atoms with Crippen LogP contribution >= 0.6 is 0 Å². The molecule has 4 heteroatoms. The van der Waals surface area contributed by atoms with Gasteiger partial charge in [-0.2, -0.15) is 0 Å². The van der Waals surface area contributed by atoms with E-state index in [2.05, 4.69) is 45.1 Å². The van der Waals surface area contributed by atoms with Crippen LogP contribution in [0, 0.1) is 0 Å². The molecule has 1 aromatic carbocycles. The summed E-state index contributed by atoms with van der Waals surface area (Å²) in [6.45, 7) is 10.2. The molecule has 0 aliphatic carbocycles. The SMILES string of the molecule is CCCCCCCCCCCCCCCCOc1ccc(CC(=O)NCc2cc[n+](C)cc2)cc1C(C)(C)C. The lowest BCUT2D eigenvalue weighted by molar-refractivity contribution is -0.671. The molecule has 0 saturated heterocycles. The maximum atomic E-state index is 12.6. The molecule has 0 aliphatic heterocycles. The van der Waals surface area contributed by atoms with E-state index in [-0.39, 0.29) is 11.3 Å². The molecule has 0 saturated carbocycles. The van der Waals surface area contributed by atoms with E-state index in [0.29, 0.717) is 13.0 Å². The maximum absolute atomic E-state index is 12.6. The van der Waals surface area contributed by atoms with Crippen LogP contribution in [0.2, 0.25) is 0 Å². The Morgan fingerprint density at radius 1 is 0.769 bits per heavy atom. The second-order valence-corrected chi connectivity index (χ2v) is 12.4. The quantitative estimate of drug-likeness (QED) is 0.136. The molecule has 0 aliphatic rings. The molecule has 0 unspecified atom stereocenters. The zero-order valence-corrected chi connectivity index (χ0v) is 25.8. The van der Waals surface area contributed by atoms with Gasteiger partial charge in [0.2, 0.25) is 5.91 Å². The van der Waals surface area contributed by atoms with Gasteiger partial charge in [0.15, 0.2) is 12.4 Å². The van der Waals surface area contributed by atoms with Gasteiger partial charge < -0.3 is 10.1 Å².